The van der Waals surface area contributed by atoms with Gasteiger partial charge in [0.25, 0.3) is 0 Å². The fourth-order valence-corrected chi connectivity index (χ4v) is 2.79. The van der Waals surface area contributed by atoms with Gasteiger partial charge in [0.2, 0.25) is 5.91 Å². The van der Waals surface area contributed by atoms with E-state index in [1.54, 1.807) is 10.9 Å². The van der Waals surface area contributed by atoms with Crippen LogP contribution in [0.25, 0.3) is 0 Å². The Labute approximate surface area is 118 Å². The normalized spacial score (nSPS) is 17.1. The van der Waals surface area contributed by atoms with Crippen molar-refractivity contribution in [2.24, 2.45) is 5.41 Å². The number of carboxylic acids is 1. The molecule has 0 unspecified atom stereocenters. The van der Waals surface area contributed by atoms with Crippen LogP contribution in [0, 0.1) is 12.3 Å². The van der Waals surface area contributed by atoms with Crippen LogP contribution in [0.4, 0.5) is 0 Å². The molecule has 0 radical (unpaired) electrons. The largest absolute Gasteiger partial charge is 0.481 e. The molecule has 0 aliphatic heterocycles. The summed E-state index contributed by atoms with van der Waals surface area (Å²) in [4.78, 5) is 23.3. The maximum absolute atomic E-state index is 11.9. The average molecular weight is 279 g/mol. The molecule has 6 heteroatoms. The zero-order chi connectivity index (χ0) is 14.6. The van der Waals surface area contributed by atoms with Crippen molar-refractivity contribution in [1.29, 1.82) is 0 Å². The van der Waals surface area contributed by atoms with Crippen molar-refractivity contribution in [2.45, 2.75) is 45.6 Å². The van der Waals surface area contributed by atoms with Gasteiger partial charge in [-0.15, -0.1) is 0 Å². The van der Waals surface area contributed by atoms with Crippen LogP contribution in [0.5, 0.6) is 0 Å². The number of nitrogens with one attached hydrogen (secondary N) is 1. The van der Waals surface area contributed by atoms with E-state index in [-0.39, 0.29) is 12.3 Å². The molecule has 1 aliphatic carbocycles. The summed E-state index contributed by atoms with van der Waals surface area (Å²) >= 11 is 0. The highest BCUT2D eigenvalue weighted by molar-refractivity contribution is 5.85. The van der Waals surface area contributed by atoms with Crippen LogP contribution < -0.4 is 5.32 Å². The molecule has 20 heavy (non-hydrogen) atoms. The molecule has 6 nitrogen and oxygen atoms in total. The van der Waals surface area contributed by atoms with Crippen LogP contribution in [-0.4, -0.2) is 33.3 Å². The van der Waals surface area contributed by atoms with Crippen LogP contribution in [-0.2, 0) is 16.1 Å². The van der Waals surface area contributed by atoms with E-state index in [9.17, 15) is 14.7 Å². The second-order valence-electron chi connectivity index (χ2n) is 5.60. The van der Waals surface area contributed by atoms with Gasteiger partial charge in [0.15, 0.2) is 0 Å². The lowest BCUT2D eigenvalue weighted by molar-refractivity contribution is -0.151. The van der Waals surface area contributed by atoms with E-state index in [2.05, 4.69) is 10.4 Å². The number of aromatic nitrogens is 2. The van der Waals surface area contributed by atoms with Crippen molar-refractivity contribution in [3.05, 3.63) is 18.0 Å². The van der Waals surface area contributed by atoms with E-state index in [1.165, 1.54) is 0 Å². The third kappa shape index (κ3) is 3.37. The van der Waals surface area contributed by atoms with Gasteiger partial charge < -0.3 is 10.4 Å². The summed E-state index contributed by atoms with van der Waals surface area (Å²) < 4.78 is 1.76. The smallest absolute Gasteiger partial charge is 0.310 e. The van der Waals surface area contributed by atoms with E-state index in [0.717, 1.165) is 18.4 Å². The third-order valence-corrected chi connectivity index (χ3v) is 3.94. The van der Waals surface area contributed by atoms with Crippen LogP contribution >= 0.6 is 0 Å². The minimum absolute atomic E-state index is 0.0838. The fraction of sp³-hybridized carbons (Fsp3) is 0.643. The van der Waals surface area contributed by atoms with E-state index >= 15 is 0 Å². The number of carbonyl (C=O) groups is 2. The van der Waals surface area contributed by atoms with Crippen molar-refractivity contribution >= 4 is 11.9 Å². The molecule has 2 N–H and O–H groups in total. The van der Waals surface area contributed by atoms with Crippen molar-refractivity contribution in [1.82, 2.24) is 15.1 Å². The van der Waals surface area contributed by atoms with Crippen molar-refractivity contribution in [3.8, 4) is 0 Å². The van der Waals surface area contributed by atoms with Crippen LogP contribution in [0.2, 0.25) is 0 Å². The number of rotatable bonds is 6. The van der Waals surface area contributed by atoms with E-state index < -0.39 is 11.4 Å². The Balaban J connectivity index is 1.78. The highest BCUT2D eigenvalue weighted by Crippen LogP contribution is 2.41. The summed E-state index contributed by atoms with van der Waals surface area (Å²) in [7, 11) is 0. The lowest BCUT2D eigenvalue weighted by Gasteiger charge is -2.22. The van der Waals surface area contributed by atoms with Gasteiger partial charge in [0.1, 0.15) is 0 Å². The van der Waals surface area contributed by atoms with Crippen molar-refractivity contribution < 1.29 is 14.7 Å². The summed E-state index contributed by atoms with van der Waals surface area (Å²) in [5.41, 5.74) is 0.235. The third-order valence-electron chi connectivity index (χ3n) is 3.94. The van der Waals surface area contributed by atoms with Gasteiger partial charge in [-0.2, -0.15) is 5.10 Å². The molecular weight excluding hydrogens is 258 g/mol. The Kier molecular flexibility index (Phi) is 4.42. The molecule has 2 rings (SSSR count). The van der Waals surface area contributed by atoms with E-state index in [0.29, 0.717) is 25.9 Å². The van der Waals surface area contributed by atoms with Gasteiger partial charge in [-0.3, -0.25) is 14.3 Å². The summed E-state index contributed by atoms with van der Waals surface area (Å²) in [5.74, 6) is -1.02. The zero-order valence-corrected chi connectivity index (χ0v) is 11.8. The minimum atomic E-state index is -0.841. The van der Waals surface area contributed by atoms with Crippen LogP contribution in [0.15, 0.2) is 12.4 Å². The van der Waals surface area contributed by atoms with Gasteiger partial charge >= 0.3 is 5.97 Å². The summed E-state index contributed by atoms with van der Waals surface area (Å²) in [6.45, 7) is 3.02. The Morgan fingerprint density at radius 2 is 2.15 bits per heavy atom. The maximum atomic E-state index is 11.9. The first kappa shape index (κ1) is 14.6. The highest BCUT2D eigenvalue weighted by Gasteiger charge is 2.42. The van der Waals surface area contributed by atoms with Gasteiger partial charge in [0.05, 0.1) is 18.2 Å². The number of carbonyl (C=O) groups excluding carboxylic acids is 1. The van der Waals surface area contributed by atoms with Gasteiger partial charge in [-0.25, -0.2) is 0 Å². The van der Waals surface area contributed by atoms with Gasteiger partial charge in [-0.05, 0) is 25.3 Å². The molecule has 0 saturated heterocycles. The first-order valence-corrected chi connectivity index (χ1v) is 7.01. The molecule has 0 aromatic carbocycles. The number of hydrogen-bond donors (Lipinski definition) is 2. The molecule has 1 fully saturated rings. The zero-order valence-electron chi connectivity index (χ0n) is 11.8. The van der Waals surface area contributed by atoms with Gasteiger partial charge in [-0.1, -0.05) is 12.8 Å². The number of hydrogen-bond acceptors (Lipinski definition) is 3. The number of carboxylic acid groups (broad SMARTS) is 1. The standard InChI is InChI=1S/C14H21N3O3/c1-11-9-16-17(10-11)7-6-15-12(18)8-14(13(19)20)4-2-3-5-14/h9-10H,2-8H2,1H3,(H,15,18)(H,19,20). The number of aryl methyl sites for hydroxylation is 1. The maximum Gasteiger partial charge on any atom is 0.310 e. The molecular formula is C14H21N3O3. The number of nitrogens with zero attached hydrogens (tertiary/aromatic N) is 2. The lowest BCUT2D eigenvalue weighted by atomic mass is 9.82. The predicted octanol–water partition coefficient (Wildman–Crippen LogP) is 1.34. The van der Waals surface area contributed by atoms with E-state index in [4.69, 9.17) is 0 Å². The lowest BCUT2D eigenvalue weighted by Crippen LogP contribution is -2.36. The van der Waals surface area contributed by atoms with Crippen LogP contribution in [0.1, 0.15) is 37.7 Å². The molecule has 1 heterocycles. The molecule has 1 amide bonds. The molecule has 0 bridgehead atoms. The Morgan fingerprint density at radius 1 is 1.45 bits per heavy atom. The quantitative estimate of drug-likeness (QED) is 0.823. The average Bonchev–Trinajstić information content (AvgIpc) is 2.99. The summed E-state index contributed by atoms with van der Waals surface area (Å²) in [6.07, 6.45) is 6.75. The van der Waals surface area contributed by atoms with Crippen LogP contribution in [0.3, 0.4) is 0 Å². The monoisotopic (exact) mass is 279 g/mol. The Bertz CT molecular complexity index is 490. The molecule has 0 atom stereocenters. The Morgan fingerprint density at radius 3 is 2.70 bits per heavy atom. The minimum Gasteiger partial charge on any atom is -0.481 e. The van der Waals surface area contributed by atoms with Crippen molar-refractivity contribution in [3.63, 3.8) is 0 Å². The first-order valence-electron chi connectivity index (χ1n) is 7.01. The molecule has 1 aliphatic rings. The number of amides is 1. The summed E-state index contributed by atoms with van der Waals surface area (Å²) in [5, 5.41) is 16.2. The number of aliphatic carboxylic acids is 1. The summed E-state index contributed by atoms with van der Waals surface area (Å²) in [6, 6.07) is 0. The molecule has 1 saturated carbocycles. The molecule has 0 spiro atoms. The van der Waals surface area contributed by atoms with E-state index in [1.807, 2.05) is 13.1 Å². The predicted molar refractivity (Wildman–Crippen MR) is 73.1 cm³/mol. The SMILES string of the molecule is Cc1cnn(CCNC(=O)CC2(C(=O)O)CCCC2)c1. The molecule has 1 aromatic rings. The first-order chi connectivity index (χ1) is 9.52. The topological polar surface area (TPSA) is 84.2 Å². The second-order valence-corrected chi connectivity index (χ2v) is 5.60. The fourth-order valence-electron chi connectivity index (χ4n) is 2.79. The second kappa shape index (κ2) is 6.07. The Hall–Kier alpha value is -1.85. The molecule has 1 aromatic heterocycles. The highest BCUT2D eigenvalue weighted by atomic mass is 16.4. The van der Waals surface area contributed by atoms with Crippen molar-refractivity contribution in [2.75, 3.05) is 6.54 Å². The molecule has 110 valence electrons. The van der Waals surface area contributed by atoms with Gasteiger partial charge in [0, 0.05) is 19.2 Å².